The van der Waals surface area contributed by atoms with Crippen LogP contribution in [-0.4, -0.2) is 24.1 Å². The number of anilines is 1. The van der Waals surface area contributed by atoms with E-state index in [4.69, 9.17) is 0 Å². The number of benzene rings is 1. The zero-order chi connectivity index (χ0) is 14.8. The summed E-state index contributed by atoms with van der Waals surface area (Å²) in [5, 5.41) is 16.3. The van der Waals surface area contributed by atoms with Gasteiger partial charge in [-0.15, -0.1) is 0 Å². The molecule has 110 valence electrons. The molecule has 0 radical (unpaired) electrons. The maximum Gasteiger partial charge on any atom is 0.231 e. The van der Waals surface area contributed by atoms with Crippen LogP contribution in [0.15, 0.2) is 12.1 Å². The molecule has 1 heterocycles. The maximum atomic E-state index is 12.6. The van der Waals surface area contributed by atoms with Crippen molar-refractivity contribution in [3.05, 3.63) is 23.3 Å². The number of carbonyl (C=O) groups is 1. The first-order valence-electron chi connectivity index (χ1n) is 7.31. The van der Waals surface area contributed by atoms with E-state index in [0.717, 1.165) is 36.9 Å². The van der Waals surface area contributed by atoms with Crippen LogP contribution in [-0.2, 0) is 4.79 Å². The van der Waals surface area contributed by atoms with Crippen LogP contribution < -0.4 is 10.6 Å². The van der Waals surface area contributed by atoms with E-state index in [9.17, 15) is 9.90 Å². The smallest absolute Gasteiger partial charge is 0.231 e. The number of phenolic OH excluding ortho intramolecular Hbond substituents is 1. The summed E-state index contributed by atoms with van der Waals surface area (Å²) in [6.45, 7) is 7.54. The molecule has 1 unspecified atom stereocenters. The molecule has 1 aliphatic rings. The van der Waals surface area contributed by atoms with Gasteiger partial charge in [0.2, 0.25) is 5.91 Å². The maximum absolute atomic E-state index is 12.6. The monoisotopic (exact) mass is 276 g/mol. The lowest BCUT2D eigenvalue weighted by Gasteiger charge is -2.35. The summed E-state index contributed by atoms with van der Waals surface area (Å²) in [7, 11) is 0. The van der Waals surface area contributed by atoms with Crippen LogP contribution in [0.3, 0.4) is 0 Å². The van der Waals surface area contributed by atoms with E-state index < -0.39 is 0 Å². The largest absolute Gasteiger partial charge is 0.505 e. The van der Waals surface area contributed by atoms with Crippen molar-refractivity contribution >= 4 is 11.6 Å². The van der Waals surface area contributed by atoms with Gasteiger partial charge in [0.25, 0.3) is 0 Å². The number of aromatic hydroxyl groups is 1. The summed E-state index contributed by atoms with van der Waals surface area (Å²) in [6, 6.07) is 3.72. The third-order valence-electron chi connectivity index (χ3n) is 4.32. The van der Waals surface area contributed by atoms with E-state index >= 15 is 0 Å². The topological polar surface area (TPSA) is 61.4 Å². The van der Waals surface area contributed by atoms with E-state index in [2.05, 4.69) is 10.6 Å². The number of amides is 1. The highest BCUT2D eigenvalue weighted by molar-refractivity contribution is 5.97. The van der Waals surface area contributed by atoms with E-state index in [0.29, 0.717) is 12.2 Å². The van der Waals surface area contributed by atoms with E-state index in [-0.39, 0.29) is 17.1 Å². The number of hydrogen-bond donors (Lipinski definition) is 3. The molecule has 1 aromatic carbocycles. The molecule has 1 fully saturated rings. The molecule has 1 amide bonds. The minimum Gasteiger partial charge on any atom is -0.505 e. The average Bonchev–Trinajstić information content (AvgIpc) is 2.44. The van der Waals surface area contributed by atoms with Gasteiger partial charge < -0.3 is 15.7 Å². The number of piperidine rings is 1. The van der Waals surface area contributed by atoms with E-state index in [1.54, 1.807) is 0 Å². The quantitative estimate of drug-likeness (QED) is 0.744. The second-order valence-electron chi connectivity index (χ2n) is 5.85. The summed E-state index contributed by atoms with van der Waals surface area (Å²) in [6.07, 6.45) is 2.71. The molecule has 3 N–H and O–H groups in total. The second kappa shape index (κ2) is 5.83. The second-order valence-corrected chi connectivity index (χ2v) is 5.85. The molecule has 0 saturated carbocycles. The van der Waals surface area contributed by atoms with Crippen LogP contribution in [0.5, 0.6) is 5.75 Å². The van der Waals surface area contributed by atoms with Gasteiger partial charge in [0, 0.05) is 6.54 Å². The summed E-state index contributed by atoms with van der Waals surface area (Å²) < 4.78 is 0. The van der Waals surface area contributed by atoms with Crippen LogP contribution in [0, 0.1) is 19.3 Å². The number of phenols is 1. The van der Waals surface area contributed by atoms with Gasteiger partial charge in [-0.1, -0.05) is 13.0 Å². The predicted molar refractivity (Wildman–Crippen MR) is 81.0 cm³/mol. The predicted octanol–water partition coefficient (Wildman–Crippen LogP) is 2.73. The van der Waals surface area contributed by atoms with Crippen molar-refractivity contribution in [1.29, 1.82) is 0 Å². The lowest BCUT2D eigenvalue weighted by atomic mass is 9.77. The van der Waals surface area contributed by atoms with Crippen molar-refractivity contribution in [2.24, 2.45) is 5.41 Å². The van der Waals surface area contributed by atoms with Gasteiger partial charge in [-0.2, -0.15) is 0 Å². The third-order valence-corrected chi connectivity index (χ3v) is 4.32. The normalized spacial score (nSPS) is 22.6. The first-order chi connectivity index (χ1) is 9.48. The first kappa shape index (κ1) is 14.9. The van der Waals surface area contributed by atoms with Crippen molar-refractivity contribution in [2.75, 3.05) is 18.4 Å². The van der Waals surface area contributed by atoms with Crippen LogP contribution >= 0.6 is 0 Å². The highest BCUT2D eigenvalue weighted by atomic mass is 16.3. The van der Waals surface area contributed by atoms with Gasteiger partial charge in [0.15, 0.2) is 0 Å². The summed E-state index contributed by atoms with van der Waals surface area (Å²) >= 11 is 0. The summed E-state index contributed by atoms with van der Waals surface area (Å²) in [5.41, 5.74) is 1.98. The SMILES string of the molecule is CCC1(C(=O)Nc2cc(C)cc(C)c2O)CCCNC1. The average molecular weight is 276 g/mol. The highest BCUT2D eigenvalue weighted by Crippen LogP contribution is 2.34. The Labute approximate surface area is 120 Å². The molecule has 1 aromatic rings. The number of carbonyl (C=O) groups excluding carboxylic acids is 1. The Hall–Kier alpha value is -1.55. The molecular weight excluding hydrogens is 252 g/mol. The minimum atomic E-state index is -0.359. The Morgan fingerprint density at radius 2 is 2.20 bits per heavy atom. The fraction of sp³-hybridized carbons (Fsp3) is 0.562. The number of nitrogens with one attached hydrogen (secondary N) is 2. The fourth-order valence-electron chi connectivity index (χ4n) is 2.93. The third kappa shape index (κ3) is 2.80. The molecule has 20 heavy (non-hydrogen) atoms. The van der Waals surface area contributed by atoms with Gasteiger partial charge in [-0.25, -0.2) is 0 Å². The van der Waals surface area contributed by atoms with Crippen molar-refractivity contribution < 1.29 is 9.90 Å². The van der Waals surface area contributed by atoms with Crippen molar-refractivity contribution in [3.63, 3.8) is 0 Å². The number of rotatable bonds is 3. The Bertz CT molecular complexity index is 505. The van der Waals surface area contributed by atoms with Gasteiger partial charge in [0.1, 0.15) is 5.75 Å². The molecule has 1 aliphatic heterocycles. The Balaban J connectivity index is 2.22. The number of aryl methyl sites for hydroxylation is 2. The summed E-state index contributed by atoms with van der Waals surface area (Å²) in [4.78, 5) is 12.6. The molecule has 0 bridgehead atoms. The van der Waals surface area contributed by atoms with E-state index in [1.165, 1.54) is 0 Å². The van der Waals surface area contributed by atoms with Crippen molar-refractivity contribution in [2.45, 2.75) is 40.0 Å². The molecule has 1 saturated heterocycles. The van der Waals surface area contributed by atoms with Gasteiger partial charge in [-0.3, -0.25) is 4.79 Å². The minimum absolute atomic E-state index is 0.00694. The molecule has 4 nitrogen and oxygen atoms in total. The highest BCUT2D eigenvalue weighted by Gasteiger charge is 2.38. The lowest BCUT2D eigenvalue weighted by molar-refractivity contribution is -0.126. The Morgan fingerprint density at radius 1 is 1.45 bits per heavy atom. The molecule has 0 aromatic heterocycles. The van der Waals surface area contributed by atoms with Gasteiger partial charge >= 0.3 is 0 Å². The van der Waals surface area contributed by atoms with Crippen molar-refractivity contribution in [1.82, 2.24) is 5.32 Å². The zero-order valence-corrected chi connectivity index (χ0v) is 12.5. The molecule has 1 atom stereocenters. The van der Waals surface area contributed by atoms with E-state index in [1.807, 2.05) is 32.9 Å². The van der Waals surface area contributed by atoms with Gasteiger partial charge in [-0.05, 0) is 56.8 Å². The molecule has 4 heteroatoms. The van der Waals surface area contributed by atoms with Crippen LogP contribution in [0.2, 0.25) is 0 Å². The molecular formula is C16H24N2O2. The molecule has 0 spiro atoms. The fourth-order valence-corrected chi connectivity index (χ4v) is 2.93. The van der Waals surface area contributed by atoms with Crippen LogP contribution in [0.25, 0.3) is 0 Å². The standard InChI is InChI=1S/C16H24N2O2/c1-4-16(6-5-7-17-10-16)15(20)18-13-9-11(2)8-12(3)14(13)19/h8-9,17,19H,4-7,10H2,1-3H3,(H,18,20). The van der Waals surface area contributed by atoms with Crippen molar-refractivity contribution in [3.8, 4) is 5.75 Å². The Morgan fingerprint density at radius 3 is 2.80 bits per heavy atom. The molecule has 0 aliphatic carbocycles. The zero-order valence-electron chi connectivity index (χ0n) is 12.5. The Kier molecular flexibility index (Phi) is 4.33. The van der Waals surface area contributed by atoms with Gasteiger partial charge in [0.05, 0.1) is 11.1 Å². The van der Waals surface area contributed by atoms with Crippen LogP contribution in [0.1, 0.15) is 37.3 Å². The number of hydrogen-bond acceptors (Lipinski definition) is 3. The van der Waals surface area contributed by atoms with Crippen LogP contribution in [0.4, 0.5) is 5.69 Å². The lowest BCUT2D eigenvalue weighted by Crippen LogP contribution is -2.47. The molecule has 2 rings (SSSR count). The summed E-state index contributed by atoms with van der Waals surface area (Å²) in [5.74, 6) is 0.173. The first-order valence-corrected chi connectivity index (χ1v) is 7.31.